The summed E-state index contributed by atoms with van der Waals surface area (Å²) in [6, 6.07) is 23.1. The Morgan fingerprint density at radius 3 is 2.47 bits per heavy atom. The fraction of sp³-hybridized carbons (Fsp3) is 0.208. The third-order valence-electron chi connectivity index (χ3n) is 5.36. The summed E-state index contributed by atoms with van der Waals surface area (Å²) in [7, 11) is 3.54. The number of aliphatic hydroxyl groups is 1. The predicted molar refractivity (Wildman–Crippen MR) is 119 cm³/mol. The number of nitrogens with one attached hydrogen (secondary N) is 1. The first-order valence-electron chi connectivity index (χ1n) is 9.88. The molecule has 6 nitrogen and oxygen atoms in total. The second-order valence-electron chi connectivity index (χ2n) is 7.18. The summed E-state index contributed by atoms with van der Waals surface area (Å²) in [6.45, 7) is 0.648. The maximum absolute atomic E-state index is 13.5. The number of hydrogen-bond acceptors (Lipinski definition) is 5. The Hall–Kier alpha value is -3.51. The minimum absolute atomic E-state index is 0.0830. The molecule has 3 aromatic rings. The largest absolute Gasteiger partial charge is 0.495 e. The number of para-hydroxylation sites is 3. The summed E-state index contributed by atoms with van der Waals surface area (Å²) in [4.78, 5) is 17.3. The standard InChI is InChI=1S/C24H25N3O3/c1-26(15-16-28)18-13-11-17(12-14-18)23-25-20-8-4-3-7-19(20)24(29)27(23)21-9-5-6-10-22(21)30-2/h3-14,23,25,28H,15-16H2,1-2H3/t23-/m1/s1. The van der Waals surface area contributed by atoms with E-state index in [1.54, 1.807) is 12.0 Å². The van der Waals surface area contributed by atoms with Crippen LogP contribution in [-0.2, 0) is 0 Å². The van der Waals surface area contributed by atoms with Gasteiger partial charge in [0.2, 0.25) is 0 Å². The molecule has 2 N–H and O–H groups in total. The van der Waals surface area contributed by atoms with Crippen molar-refractivity contribution in [2.24, 2.45) is 0 Å². The number of carbonyl (C=O) groups excluding carboxylic acids is 1. The molecule has 1 aliphatic heterocycles. The number of amides is 1. The topological polar surface area (TPSA) is 65.0 Å². The number of nitrogens with zero attached hydrogens (tertiary/aromatic N) is 2. The van der Waals surface area contributed by atoms with Gasteiger partial charge in [-0.2, -0.15) is 0 Å². The highest BCUT2D eigenvalue weighted by atomic mass is 16.5. The summed E-state index contributed by atoms with van der Waals surface area (Å²) in [5.41, 5.74) is 4.08. The van der Waals surface area contributed by atoms with Gasteiger partial charge in [0.05, 0.1) is 25.0 Å². The highest BCUT2D eigenvalue weighted by Crippen LogP contribution is 2.40. The number of carbonyl (C=O) groups is 1. The average Bonchev–Trinajstić information content (AvgIpc) is 2.79. The molecule has 0 saturated carbocycles. The normalized spacial score (nSPS) is 15.4. The summed E-state index contributed by atoms with van der Waals surface area (Å²) in [5.74, 6) is 0.552. The van der Waals surface area contributed by atoms with Gasteiger partial charge in [0, 0.05) is 25.0 Å². The Kier molecular flexibility index (Phi) is 5.59. The van der Waals surface area contributed by atoms with Crippen molar-refractivity contribution in [1.29, 1.82) is 0 Å². The van der Waals surface area contributed by atoms with E-state index in [4.69, 9.17) is 4.74 Å². The van der Waals surface area contributed by atoms with Gasteiger partial charge in [0.15, 0.2) is 0 Å². The third kappa shape index (κ3) is 3.57. The van der Waals surface area contributed by atoms with E-state index < -0.39 is 0 Å². The first-order chi connectivity index (χ1) is 14.6. The molecule has 0 spiro atoms. The third-order valence-corrected chi connectivity index (χ3v) is 5.36. The second kappa shape index (κ2) is 8.47. The van der Waals surface area contributed by atoms with E-state index in [1.807, 2.05) is 84.7 Å². The molecule has 3 aromatic carbocycles. The summed E-state index contributed by atoms with van der Waals surface area (Å²) >= 11 is 0. The lowest BCUT2D eigenvalue weighted by Crippen LogP contribution is -2.43. The number of aliphatic hydroxyl groups excluding tert-OH is 1. The molecule has 4 rings (SSSR count). The molecule has 6 heteroatoms. The van der Waals surface area contributed by atoms with Gasteiger partial charge in [0.1, 0.15) is 11.9 Å². The lowest BCUT2D eigenvalue weighted by molar-refractivity contribution is 0.0974. The Balaban J connectivity index is 1.78. The summed E-state index contributed by atoms with van der Waals surface area (Å²) in [5, 5.41) is 12.7. The zero-order valence-electron chi connectivity index (χ0n) is 17.1. The van der Waals surface area contributed by atoms with Crippen molar-refractivity contribution in [1.82, 2.24) is 0 Å². The summed E-state index contributed by atoms with van der Waals surface area (Å²) < 4.78 is 5.54. The van der Waals surface area contributed by atoms with E-state index in [0.717, 1.165) is 16.9 Å². The van der Waals surface area contributed by atoms with Gasteiger partial charge in [0.25, 0.3) is 5.91 Å². The van der Waals surface area contributed by atoms with Crippen LogP contribution in [0.1, 0.15) is 22.1 Å². The Labute approximate surface area is 176 Å². The van der Waals surface area contributed by atoms with Gasteiger partial charge >= 0.3 is 0 Å². The van der Waals surface area contributed by atoms with E-state index in [1.165, 1.54) is 0 Å². The molecular formula is C24H25N3O3. The molecule has 1 heterocycles. The van der Waals surface area contributed by atoms with Crippen molar-refractivity contribution in [3.8, 4) is 5.75 Å². The van der Waals surface area contributed by atoms with Crippen LogP contribution in [0.15, 0.2) is 72.8 Å². The van der Waals surface area contributed by atoms with Crippen molar-refractivity contribution in [2.75, 3.05) is 42.4 Å². The number of hydrogen-bond donors (Lipinski definition) is 2. The monoisotopic (exact) mass is 403 g/mol. The highest BCUT2D eigenvalue weighted by molar-refractivity contribution is 6.12. The Bertz CT molecular complexity index is 1040. The van der Waals surface area contributed by atoms with Crippen LogP contribution in [-0.4, -0.2) is 38.3 Å². The first kappa shape index (κ1) is 19.8. The summed E-state index contributed by atoms with van der Waals surface area (Å²) in [6.07, 6.45) is -0.388. The molecule has 0 radical (unpaired) electrons. The smallest absolute Gasteiger partial charge is 0.262 e. The fourth-order valence-electron chi connectivity index (χ4n) is 3.75. The molecule has 1 amide bonds. The number of benzene rings is 3. The van der Waals surface area contributed by atoms with Crippen molar-refractivity contribution in [2.45, 2.75) is 6.17 Å². The molecular weight excluding hydrogens is 378 g/mol. The molecule has 1 aliphatic rings. The van der Waals surface area contributed by atoms with Crippen LogP contribution in [0.3, 0.4) is 0 Å². The fourth-order valence-corrected chi connectivity index (χ4v) is 3.75. The second-order valence-corrected chi connectivity index (χ2v) is 7.18. The molecule has 1 atom stereocenters. The van der Waals surface area contributed by atoms with Gasteiger partial charge in [-0.3, -0.25) is 9.69 Å². The van der Waals surface area contributed by atoms with Gasteiger partial charge in [-0.25, -0.2) is 0 Å². The Morgan fingerprint density at radius 1 is 1.03 bits per heavy atom. The van der Waals surface area contributed by atoms with Crippen molar-refractivity contribution < 1.29 is 14.6 Å². The molecule has 0 saturated heterocycles. The van der Waals surface area contributed by atoms with E-state index in [0.29, 0.717) is 23.5 Å². The van der Waals surface area contributed by atoms with Gasteiger partial charge in [-0.1, -0.05) is 36.4 Å². The molecule has 0 fully saturated rings. The molecule has 154 valence electrons. The quantitative estimate of drug-likeness (QED) is 0.654. The van der Waals surface area contributed by atoms with Crippen molar-refractivity contribution in [3.63, 3.8) is 0 Å². The van der Waals surface area contributed by atoms with Gasteiger partial charge in [-0.05, 0) is 42.0 Å². The van der Waals surface area contributed by atoms with E-state index >= 15 is 0 Å². The number of methoxy groups -OCH3 is 1. The molecule has 0 aliphatic carbocycles. The van der Waals surface area contributed by atoms with E-state index in [-0.39, 0.29) is 18.7 Å². The molecule has 0 aromatic heterocycles. The highest BCUT2D eigenvalue weighted by Gasteiger charge is 2.35. The molecule has 0 bridgehead atoms. The minimum atomic E-state index is -0.388. The van der Waals surface area contributed by atoms with Gasteiger partial charge in [-0.15, -0.1) is 0 Å². The predicted octanol–water partition coefficient (Wildman–Crippen LogP) is 3.89. The lowest BCUT2D eigenvalue weighted by atomic mass is 10.0. The lowest BCUT2D eigenvalue weighted by Gasteiger charge is -2.38. The van der Waals surface area contributed by atoms with Crippen LogP contribution in [0, 0.1) is 0 Å². The van der Waals surface area contributed by atoms with Crippen LogP contribution >= 0.6 is 0 Å². The SMILES string of the molecule is COc1ccccc1N1C(=O)c2ccccc2N[C@H]1c1ccc(N(C)CCO)cc1. The maximum atomic E-state index is 13.5. The number of anilines is 3. The van der Waals surface area contributed by atoms with Crippen LogP contribution in [0.5, 0.6) is 5.75 Å². The average molecular weight is 403 g/mol. The Morgan fingerprint density at radius 2 is 1.73 bits per heavy atom. The first-order valence-corrected chi connectivity index (χ1v) is 9.88. The molecule has 0 unspecified atom stereocenters. The number of ether oxygens (including phenoxy) is 1. The number of likely N-dealkylation sites (N-methyl/N-ethyl adjacent to an activating group) is 1. The van der Waals surface area contributed by atoms with Gasteiger partial charge < -0.3 is 20.1 Å². The minimum Gasteiger partial charge on any atom is -0.495 e. The van der Waals surface area contributed by atoms with Crippen LogP contribution < -0.4 is 19.9 Å². The van der Waals surface area contributed by atoms with Crippen LogP contribution in [0.25, 0.3) is 0 Å². The number of rotatable bonds is 6. The van der Waals surface area contributed by atoms with E-state index in [9.17, 15) is 9.90 Å². The number of fused-ring (bicyclic) bond motifs is 1. The van der Waals surface area contributed by atoms with Crippen molar-refractivity contribution >= 4 is 23.0 Å². The maximum Gasteiger partial charge on any atom is 0.262 e. The van der Waals surface area contributed by atoms with Crippen molar-refractivity contribution in [3.05, 3.63) is 83.9 Å². The van der Waals surface area contributed by atoms with Crippen LogP contribution in [0.4, 0.5) is 17.1 Å². The van der Waals surface area contributed by atoms with E-state index in [2.05, 4.69) is 5.32 Å². The zero-order chi connectivity index (χ0) is 21.1. The van der Waals surface area contributed by atoms with Crippen LogP contribution in [0.2, 0.25) is 0 Å². The zero-order valence-corrected chi connectivity index (χ0v) is 17.1. The molecule has 30 heavy (non-hydrogen) atoms.